The van der Waals surface area contributed by atoms with Gasteiger partial charge in [0, 0.05) is 18.5 Å². The molecule has 1 amide bonds. The quantitative estimate of drug-likeness (QED) is 0.389. The maximum absolute atomic E-state index is 13.1. The second kappa shape index (κ2) is 10.8. The first-order valence-corrected chi connectivity index (χ1v) is 11.2. The number of carbonyl (C=O) groups excluding carboxylic acids is 1. The standard InChI is InChI=1S/C27H28N4O3/c1-30(19-20-9-4-3-5-10-20)18-8-17-28-26(32)25-23-11-6-7-12-24(23)27(33)31(29-25)21-13-15-22(34-2)16-14-21/h3-7,9-16H,8,17-19H2,1-2H3,(H,28,32). The number of ether oxygens (including phenoxy) is 1. The van der Waals surface area contributed by atoms with Crippen LogP contribution in [0.5, 0.6) is 5.75 Å². The first-order chi connectivity index (χ1) is 16.6. The smallest absolute Gasteiger partial charge is 0.279 e. The molecule has 0 spiro atoms. The lowest BCUT2D eigenvalue weighted by atomic mass is 10.1. The second-order valence-electron chi connectivity index (χ2n) is 8.14. The summed E-state index contributed by atoms with van der Waals surface area (Å²) < 4.78 is 6.47. The van der Waals surface area contributed by atoms with Crippen LogP contribution in [0.2, 0.25) is 0 Å². The highest BCUT2D eigenvalue weighted by Gasteiger charge is 2.17. The van der Waals surface area contributed by atoms with Gasteiger partial charge in [-0.3, -0.25) is 9.59 Å². The first-order valence-electron chi connectivity index (χ1n) is 11.2. The molecule has 7 heteroatoms. The van der Waals surface area contributed by atoms with Gasteiger partial charge >= 0.3 is 0 Å². The molecule has 4 aromatic rings. The number of benzene rings is 3. The zero-order chi connectivity index (χ0) is 23.9. The maximum Gasteiger partial charge on any atom is 0.279 e. The number of amides is 1. The third-order valence-electron chi connectivity index (χ3n) is 5.63. The van der Waals surface area contributed by atoms with Crippen molar-refractivity contribution >= 4 is 16.7 Å². The van der Waals surface area contributed by atoms with Gasteiger partial charge in [0.2, 0.25) is 0 Å². The lowest BCUT2D eigenvalue weighted by molar-refractivity contribution is 0.0947. The fourth-order valence-corrected chi connectivity index (χ4v) is 3.86. The van der Waals surface area contributed by atoms with Crippen molar-refractivity contribution in [3.63, 3.8) is 0 Å². The van der Waals surface area contributed by atoms with E-state index >= 15 is 0 Å². The number of rotatable bonds is 9. The minimum atomic E-state index is -0.302. The molecule has 0 radical (unpaired) electrons. The van der Waals surface area contributed by atoms with Crippen molar-refractivity contribution in [3.05, 3.63) is 100 Å². The summed E-state index contributed by atoms with van der Waals surface area (Å²) >= 11 is 0. The Bertz CT molecular complexity index is 1320. The number of fused-ring (bicyclic) bond motifs is 1. The summed E-state index contributed by atoms with van der Waals surface area (Å²) in [6.45, 7) is 2.21. The van der Waals surface area contributed by atoms with E-state index < -0.39 is 0 Å². The lowest BCUT2D eigenvalue weighted by Gasteiger charge is -2.17. The predicted octanol–water partition coefficient (Wildman–Crippen LogP) is 3.65. The van der Waals surface area contributed by atoms with Gasteiger partial charge in [-0.05, 0) is 55.9 Å². The molecule has 3 aromatic carbocycles. The summed E-state index contributed by atoms with van der Waals surface area (Å²) in [6.07, 6.45) is 0.797. The normalized spacial score (nSPS) is 11.0. The lowest BCUT2D eigenvalue weighted by Crippen LogP contribution is -2.31. The van der Waals surface area contributed by atoms with E-state index in [4.69, 9.17) is 4.74 Å². The number of nitrogens with zero attached hydrogens (tertiary/aromatic N) is 3. The molecule has 0 unspecified atom stereocenters. The van der Waals surface area contributed by atoms with Crippen LogP contribution >= 0.6 is 0 Å². The zero-order valence-corrected chi connectivity index (χ0v) is 19.4. The molecule has 7 nitrogen and oxygen atoms in total. The van der Waals surface area contributed by atoms with Crippen molar-refractivity contribution in [2.75, 3.05) is 27.2 Å². The van der Waals surface area contributed by atoms with Crippen molar-refractivity contribution < 1.29 is 9.53 Å². The summed E-state index contributed by atoms with van der Waals surface area (Å²) in [7, 11) is 3.64. The van der Waals surface area contributed by atoms with E-state index in [0.29, 0.717) is 28.8 Å². The molecule has 0 aliphatic heterocycles. The molecule has 0 saturated carbocycles. The molecule has 0 bridgehead atoms. The SMILES string of the molecule is COc1ccc(-n2nc(C(=O)NCCCN(C)Cc3ccccc3)c3ccccc3c2=O)cc1. The summed E-state index contributed by atoms with van der Waals surface area (Å²) in [5.41, 5.74) is 1.77. The predicted molar refractivity (Wildman–Crippen MR) is 134 cm³/mol. The van der Waals surface area contributed by atoms with E-state index in [9.17, 15) is 9.59 Å². The van der Waals surface area contributed by atoms with Crippen molar-refractivity contribution in [1.29, 1.82) is 0 Å². The Balaban J connectivity index is 1.48. The van der Waals surface area contributed by atoms with Gasteiger partial charge in [-0.15, -0.1) is 0 Å². The molecule has 1 heterocycles. The van der Waals surface area contributed by atoms with Gasteiger partial charge in [-0.1, -0.05) is 48.5 Å². The number of nitrogens with one attached hydrogen (secondary N) is 1. The maximum atomic E-state index is 13.1. The number of hydrogen-bond donors (Lipinski definition) is 1. The third kappa shape index (κ3) is 5.32. The number of methoxy groups -OCH3 is 1. The van der Waals surface area contributed by atoms with E-state index in [-0.39, 0.29) is 17.2 Å². The molecule has 0 saturated heterocycles. The largest absolute Gasteiger partial charge is 0.497 e. The van der Waals surface area contributed by atoms with E-state index in [1.807, 2.05) is 18.2 Å². The van der Waals surface area contributed by atoms with E-state index in [1.165, 1.54) is 10.2 Å². The molecular formula is C27H28N4O3. The molecule has 0 aliphatic rings. The van der Waals surface area contributed by atoms with Crippen LogP contribution in [0.15, 0.2) is 83.7 Å². The van der Waals surface area contributed by atoms with Crippen LogP contribution in [-0.4, -0.2) is 47.8 Å². The Morgan fingerprint density at radius 2 is 1.65 bits per heavy atom. The average Bonchev–Trinajstić information content (AvgIpc) is 2.87. The highest BCUT2D eigenvalue weighted by atomic mass is 16.5. The van der Waals surface area contributed by atoms with E-state index in [1.54, 1.807) is 55.6 Å². The van der Waals surface area contributed by atoms with Gasteiger partial charge in [0.25, 0.3) is 11.5 Å². The van der Waals surface area contributed by atoms with Crippen LogP contribution in [0.4, 0.5) is 0 Å². The third-order valence-corrected chi connectivity index (χ3v) is 5.63. The minimum absolute atomic E-state index is 0.226. The van der Waals surface area contributed by atoms with Crippen molar-refractivity contribution in [3.8, 4) is 11.4 Å². The fraction of sp³-hybridized carbons (Fsp3) is 0.222. The Labute approximate surface area is 198 Å². The summed E-state index contributed by atoms with van der Waals surface area (Å²) in [6, 6.07) is 24.3. The number of hydrogen-bond acceptors (Lipinski definition) is 5. The summed E-state index contributed by atoms with van der Waals surface area (Å²) in [5.74, 6) is 0.372. The molecule has 0 atom stereocenters. The molecule has 1 aromatic heterocycles. The topological polar surface area (TPSA) is 76.5 Å². The molecular weight excluding hydrogens is 428 g/mol. The molecule has 0 aliphatic carbocycles. The second-order valence-corrected chi connectivity index (χ2v) is 8.14. The monoisotopic (exact) mass is 456 g/mol. The van der Waals surface area contributed by atoms with E-state index in [0.717, 1.165) is 19.5 Å². The van der Waals surface area contributed by atoms with Crippen LogP contribution in [0.25, 0.3) is 16.5 Å². The highest BCUT2D eigenvalue weighted by Crippen LogP contribution is 2.17. The zero-order valence-electron chi connectivity index (χ0n) is 19.4. The Morgan fingerprint density at radius 3 is 2.35 bits per heavy atom. The summed E-state index contributed by atoms with van der Waals surface area (Å²) in [5, 5.41) is 8.38. The van der Waals surface area contributed by atoms with Crippen molar-refractivity contribution in [2.24, 2.45) is 0 Å². The number of aromatic nitrogens is 2. The highest BCUT2D eigenvalue weighted by molar-refractivity contribution is 6.04. The minimum Gasteiger partial charge on any atom is -0.497 e. The Morgan fingerprint density at radius 1 is 0.971 bits per heavy atom. The molecule has 174 valence electrons. The molecule has 1 N–H and O–H groups in total. The van der Waals surface area contributed by atoms with Gasteiger partial charge in [0.05, 0.1) is 18.2 Å². The van der Waals surface area contributed by atoms with Crippen LogP contribution < -0.4 is 15.6 Å². The van der Waals surface area contributed by atoms with E-state index in [2.05, 4.69) is 34.5 Å². The van der Waals surface area contributed by atoms with Gasteiger partial charge in [-0.25, -0.2) is 0 Å². The molecule has 0 fully saturated rings. The van der Waals surface area contributed by atoms with Crippen molar-refractivity contribution in [2.45, 2.75) is 13.0 Å². The Kier molecular flexibility index (Phi) is 7.34. The fourth-order valence-electron chi connectivity index (χ4n) is 3.86. The summed E-state index contributed by atoms with van der Waals surface area (Å²) in [4.78, 5) is 28.4. The average molecular weight is 457 g/mol. The van der Waals surface area contributed by atoms with Gasteiger partial charge in [0.1, 0.15) is 5.75 Å². The Hall–Kier alpha value is -3.97. The van der Waals surface area contributed by atoms with Crippen LogP contribution in [0.1, 0.15) is 22.5 Å². The van der Waals surface area contributed by atoms with Gasteiger partial charge in [0.15, 0.2) is 5.69 Å². The van der Waals surface area contributed by atoms with Gasteiger partial charge in [-0.2, -0.15) is 9.78 Å². The molecule has 4 rings (SSSR count). The van der Waals surface area contributed by atoms with Crippen molar-refractivity contribution in [1.82, 2.24) is 20.0 Å². The van der Waals surface area contributed by atoms with Gasteiger partial charge < -0.3 is 15.0 Å². The van der Waals surface area contributed by atoms with Crippen LogP contribution in [0, 0.1) is 0 Å². The number of carbonyl (C=O) groups is 1. The van der Waals surface area contributed by atoms with Crippen LogP contribution in [0.3, 0.4) is 0 Å². The van der Waals surface area contributed by atoms with Crippen LogP contribution in [-0.2, 0) is 6.54 Å². The molecule has 34 heavy (non-hydrogen) atoms. The first kappa shape index (κ1) is 23.2.